The molecule has 0 aromatic heterocycles. The Labute approximate surface area is 127 Å². The Morgan fingerprint density at radius 2 is 2.05 bits per heavy atom. The molecular formula is C16H15ClFNO2. The van der Waals surface area contributed by atoms with Gasteiger partial charge in [0.05, 0.1) is 12.7 Å². The van der Waals surface area contributed by atoms with Crippen molar-refractivity contribution in [3.8, 4) is 0 Å². The third kappa shape index (κ3) is 3.73. The number of hydrogen-bond donors (Lipinski definition) is 1. The van der Waals surface area contributed by atoms with Crippen LogP contribution in [-0.4, -0.2) is 13.1 Å². The highest BCUT2D eigenvalue weighted by atomic mass is 35.5. The van der Waals surface area contributed by atoms with E-state index in [-0.39, 0.29) is 5.82 Å². The molecule has 0 bridgehead atoms. The maximum Gasteiger partial charge on any atom is 0.340 e. The molecule has 0 atom stereocenters. The molecule has 2 aromatic carbocycles. The Balaban J connectivity index is 2.24. The summed E-state index contributed by atoms with van der Waals surface area (Å²) in [6.07, 6.45) is 0. The number of rotatable bonds is 4. The summed E-state index contributed by atoms with van der Waals surface area (Å²) in [5.41, 5.74) is 2.73. The Bertz CT molecular complexity index is 673. The van der Waals surface area contributed by atoms with E-state index in [1.54, 1.807) is 18.2 Å². The maximum atomic E-state index is 13.3. The van der Waals surface area contributed by atoms with E-state index < -0.39 is 5.97 Å². The van der Waals surface area contributed by atoms with Crippen LogP contribution in [0.3, 0.4) is 0 Å². The number of carbonyl (C=O) groups excluding carboxylic acids is 1. The molecule has 5 heteroatoms. The van der Waals surface area contributed by atoms with Crippen molar-refractivity contribution >= 4 is 23.3 Å². The van der Waals surface area contributed by atoms with Crippen LogP contribution in [0.1, 0.15) is 21.5 Å². The lowest BCUT2D eigenvalue weighted by atomic mass is 10.1. The van der Waals surface area contributed by atoms with E-state index in [0.717, 1.165) is 11.1 Å². The van der Waals surface area contributed by atoms with Crippen molar-refractivity contribution in [2.45, 2.75) is 13.5 Å². The van der Waals surface area contributed by atoms with Crippen LogP contribution in [0.25, 0.3) is 0 Å². The molecule has 0 heterocycles. The summed E-state index contributed by atoms with van der Waals surface area (Å²) < 4.78 is 18.0. The van der Waals surface area contributed by atoms with Crippen LogP contribution in [0.5, 0.6) is 0 Å². The van der Waals surface area contributed by atoms with Gasteiger partial charge in [0.2, 0.25) is 0 Å². The number of methoxy groups -OCH3 is 1. The largest absolute Gasteiger partial charge is 0.465 e. The van der Waals surface area contributed by atoms with Crippen molar-refractivity contribution in [2.75, 3.05) is 12.4 Å². The standard InChI is InChI=1S/C16H15ClFNO2/c1-10-3-5-13(18)7-11(10)9-19-15-6-4-12(17)8-14(15)16(20)21-2/h3-8,19H,9H2,1-2H3. The fraction of sp³-hybridized carbons (Fsp3) is 0.188. The van der Waals surface area contributed by atoms with Gasteiger partial charge in [-0.3, -0.25) is 0 Å². The molecule has 0 aliphatic rings. The average Bonchev–Trinajstić information content (AvgIpc) is 2.48. The predicted molar refractivity (Wildman–Crippen MR) is 81.3 cm³/mol. The number of aryl methyl sites for hydroxylation is 1. The van der Waals surface area contributed by atoms with Gasteiger partial charge in [0.15, 0.2) is 0 Å². The number of nitrogens with one attached hydrogen (secondary N) is 1. The number of esters is 1. The SMILES string of the molecule is COC(=O)c1cc(Cl)ccc1NCc1cc(F)ccc1C. The topological polar surface area (TPSA) is 38.3 Å². The minimum absolute atomic E-state index is 0.290. The lowest BCUT2D eigenvalue weighted by molar-refractivity contribution is 0.0602. The minimum atomic E-state index is -0.476. The molecule has 0 aliphatic carbocycles. The number of ether oxygens (including phenoxy) is 1. The molecule has 0 amide bonds. The van der Waals surface area contributed by atoms with Crippen LogP contribution >= 0.6 is 11.6 Å². The fourth-order valence-electron chi connectivity index (χ4n) is 1.97. The van der Waals surface area contributed by atoms with Gasteiger partial charge in [0.1, 0.15) is 5.82 Å². The van der Waals surface area contributed by atoms with Gasteiger partial charge < -0.3 is 10.1 Å². The molecule has 0 spiro atoms. The summed E-state index contributed by atoms with van der Waals surface area (Å²) in [5, 5.41) is 3.56. The second-order valence-electron chi connectivity index (χ2n) is 4.61. The lowest BCUT2D eigenvalue weighted by Crippen LogP contribution is -2.09. The summed E-state index contributed by atoms with van der Waals surface area (Å²) in [6.45, 7) is 2.30. The zero-order valence-electron chi connectivity index (χ0n) is 11.7. The highest BCUT2D eigenvalue weighted by molar-refractivity contribution is 6.31. The van der Waals surface area contributed by atoms with E-state index >= 15 is 0 Å². The highest BCUT2D eigenvalue weighted by Crippen LogP contribution is 2.22. The van der Waals surface area contributed by atoms with Crippen LogP contribution in [0.4, 0.5) is 10.1 Å². The van der Waals surface area contributed by atoms with Crippen molar-refractivity contribution in [1.29, 1.82) is 0 Å². The first-order valence-corrected chi connectivity index (χ1v) is 6.76. The third-order valence-electron chi connectivity index (χ3n) is 3.17. The third-order valence-corrected chi connectivity index (χ3v) is 3.40. The summed E-state index contributed by atoms with van der Waals surface area (Å²) in [5.74, 6) is -0.766. The van der Waals surface area contributed by atoms with Crippen LogP contribution < -0.4 is 5.32 Å². The first-order valence-electron chi connectivity index (χ1n) is 6.38. The summed E-state index contributed by atoms with van der Waals surface area (Å²) >= 11 is 5.90. The van der Waals surface area contributed by atoms with Crippen molar-refractivity contribution in [3.63, 3.8) is 0 Å². The Hall–Kier alpha value is -2.07. The van der Waals surface area contributed by atoms with E-state index in [9.17, 15) is 9.18 Å². The van der Waals surface area contributed by atoms with Gasteiger partial charge >= 0.3 is 5.97 Å². The number of carbonyl (C=O) groups is 1. The zero-order valence-corrected chi connectivity index (χ0v) is 12.5. The molecule has 110 valence electrons. The van der Waals surface area contributed by atoms with E-state index in [1.807, 2.05) is 6.92 Å². The van der Waals surface area contributed by atoms with Crippen LogP contribution in [-0.2, 0) is 11.3 Å². The summed E-state index contributed by atoms with van der Waals surface area (Å²) in [7, 11) is 1.31. The minimum Gasteiger partial charge on any atom is -0.465 e. The van der Waals surface area contributed by atoms with Crippen LogP contribution in [0, 0.1) is 12.7 Å². The molecular weight excluding hydrogens is 293 g/mol. The monoisotopic (exact) mass is 307 g/mol. The van der Waals surface area contributed by atoms with Crippen LogP contribution in [0.15, 0.2) is 36.4 Å². The number of benzene rings is 2. The molecule has 3 nitrogen and oxygen atoms in total. The molecule has 0 aliphatic heterocycles. The normalized spacial score (nSPS) is 10.3. The predicted octanol–water partition coefficient (Wildman–Crippen LogP) is 4.19. The molecule has 0 saturated heterocycles. The molecule has 0 radical (unpaired) electrons. The van der Waals surface area contributed by atoms with Gasteiger partial charge in [0, 0.05) is 17.3 Å². The number of hydrogen-bond acceptors (Lipinski definition) is 3. The molecule has 0 saturated carbocycles. The highest BCUT2D eigenvalue weighted by Gasteiger charge is 2.12. The molecule has 0 unspecified atom stereocenters. The van der Waals surface area contributed by atoms with Gasteiger partial charge in [0.25, 0.3) is 0 Å². The number of anilines is 1. The molecule has 21 heavy (non-hydrogen) atoms. The van der Waals surface area contributed by atoms with Gasteiger partial charge in [-0.1, -0.05) is 17.7 Å². The quantitative estimate of drug-likeness (QED) is 0.861. The zero-order chi connectivity index (χ0) is 15.4. The van der Waals surface area contributed by atoms with E-state index in [4.69, 9.17) is 16.3 Å². The van der Waals surface area contributed by atoms with Gasteiger partial charge in [-0.05, 0) is 48.4 Å². The van der Waals surface area contributed by atoms with Gasteiger partial charge in [-0.2, -0.15) is 0 Å². The van der Waals surface area contributed by atoms with E-state index in [1.165, 1.54) is 25.3 Å². The second kappa shape index (κ2) is 6.59. The Morgan fingerprint density at radius 1 is 1.29 bits per heavy atom. The Morgan fingerprint density at radius 3 is 2.76 bits per heavy atom. The molecule has 2 rings (SSSR count). The smallest absolute Gasteiger partial charge is 0.340 e. The maximum absolute atomic E-state index is 13.3. The summed E-state index contributed by atoms with van der Waals surface area (Å²) in [4.78, 5) is 11.7. The van der Waals surface area contributed by atoms with E-state index in [2.05, 4.69) is 5.32 Å². The summed E-state index contributed by atoms with van der Waals surface area (Å²) in [6, 6.07) is 9.51. The molecule has 1 N–H and O–H groups in total. The average molecular weight is 308 g/mol. The van der Waals surface area contributed by atoms with Crippen LogP contribution in [0.2, 0.25) is 5.02 Å². The van der Waals surface area contributed by atoms with E-state index in [0.29, 0.717) is 22.8 Å². The van der Waals surface area contributed by atoms with Gasteiger partial charge in [-0.15, -0.1) is 0 Å². The molecule has 0 fully saturated rings. The van der Waals surface area contributed by atoms with Crippen molar-refractivity contribution in [1.82, 2.24) is 0 Å². The van der Waals surface area contributed by atoms with Crippen molar-refractivity contribution < 1.29 is 13.9 Å². The first kappa shape index (κ1) is 15.3. The number of halogens is 2. The Kier molecular flexibility index (Phi) is 4.81. The lowest BCUT2D eigenvalue weighted by Gasteiger charge is -2.12. The van der Waals surface area contributed by atoms with Crippen molar-refractivity contribution in [2.24, 2.45) is 0 Å². The fourth-order valence-corrected chi connectivity index (χ4v) is 2.14. The second-order valence-corrected chi connectivity index (χ2v) is 5.04. The first-order chi connectivity index (χ1) is 10.0. The van der Waals surface area contributed by atoms with Gasteiger partial charge in [-0.25, -0.2) is 9.18 Å². The van der Waals surface area contributed by atoms with Crippen molar-refractivity contribution in [3.05, 3.63) is 63.9 Å². The molecule has 2 aromatic rings.